The molecule has 126 valence electrons. The van der Waals surface area contributed by atoms with E-state index in [2.05, 4.69) is 5.32 Å². The Labute approximate surface area is 148 Å². The lowest BCUT2D eigenvalue weighted by Gasteiger charge is -2.14. The average molecular weight is 370 g/mol. The minimum atomic E-state index is -1.00. The number of carbonyl (C=O) groups is 2. The standard InChI is InChI=1S/C17H14Cl2FNO3/c1-10(17(23)21-15-8-12(18)7-13(19)9-15)24-16(22)6-11-2-4-14(20)5-3-11/h2-5,7-10H,6H2,1H3,(H,21,23)/t10-/m1/s1. The largest absolute Gasteiger partial charge is 0.452 e. The summed E-state index contributed by atoms with van der Waals surface area (Å²) in [4.78, 5) is 23.9. The van der Waals surface area contributed by atoms with Crippen molar-refractivity contribution < 1.29 is 18.7 Å². The van der Waals surface area contributed by atoms with Gasteiger partial charge in [0.25, 0.3) is 5.91 Å². The molecule has 2 rings (SSSR count). The highest BCUT2D eigenvalue weighted by molar-refractivity contribution is 6.35. The number of benzene rings is 2. The summed E-state index contributed by atoms with van der Waals surface area (Å²) in [5.41, 5.74) is 0.995. The van der Waals surface area contributed by atoms with Crippen molar-refractivity contribution in [2.45, 2.75) is 19.4 Å². The lowest BCUT2D eigenvalue weighted by Crippen LogP contribution is -2.30. The second-order valence-corrected chi connectivity index (χ2v) is 5.96. The highest BCUT2D eigenvalue weighted by Crippen LogP contribution is 2.22. The minimum Gasteiger partial charge on any atom is -0.452 e. The van der Waals surface area contributed by atoms with Crippen LogP contribution in [0.4, 0.5) is 10.1 Å². The average Bonchev–Trinajstić information content (AvgIpc) is 2.48. The van der Waals surface area contributed by atoms with Crippen molar-refractivity contribution in [3.63, 3.8) is 0 Å². The smallest absolute Gasteiger partial charge is 0.311 e. The van der Waals surface area contributed by atoms with E-state index in [0.29, 0.717) is 21.3 Å². The summed E-state index contributed by atoms with van der Waals surface area (Å²) in [7, 11) is 0. The first-order valence-electron chi connectivity index (χ1n) is 7.04. The van der Waals surface area contributed by atoms with Gasteiger partial charge in [-0.3, -0.25) is 9.59 Å². The van der Waals surface area contributed by atoms with E-state index < -0.39 is 18.0 Å². The molecule has 0 aromatic heterocycles. The van der Waals surface area contributed by atoms with Crippen molar-refractivity contribution in [3.8, 4) is 0 Å². The molecule has 0 aliphatic heterocycles. The topological polar surface area (TPSA) is 55.4 Å². The molecule has 0 unspecified atom stereocenters. The zero-order valence-electron chi connectivity index (χ0n) is 12.7. The Bertz CT molecular complexity index is 730. The SMILES string of the molecule is C[C@@H](OC(=O)Cc1ccc(F)cc1)C(=O)Nc1cc(Cl)cc(Cl)c1. The molecule has 1 atom stereocenters. The van der Waals surface area contributed by atoms with Gasteiger partial charge in [-0.15, -0.1) is 0 Å². The summed E-state index contributed by atoms with van der Waals surface area (Å²) in [6, 6.07) is 10.1. The van der Waals surface area contributed by atoms with Crippen LogP contribution in [-0.4, -0.2) is 18.0 Å². The Morgan fingerprint density at radius 3 is 2.29 bits per heavy atom. The number of esters is 1. The molecule has 1 amide bonds. The molecule has 0 aliphatic carbocycles. The highest BCUT2D eigenvalue weighted by atomic mass is 35.5. The van der Waals surface area contributed by atoms with E-state index in [1.807, 2.05) is 0 Å². The summed E-state index contributed by atoms with van der Waals surface area (Å²) < 4.78 is 17.9. The molecule has 7 heteroatoms. The van der Waals surface area contributed by atoms with Gasteiger partial charge in [0.1, 0.15) is 5.82 Å². The minimum absolute atomic E-state index is 0.0547. The molecule has 0 saturated heterocycles. The van der Waals surface area contributed by atoms with Gasteiger partial charge in [0, 0.05) is 15.7 Å². The molecule has 0 aliphatic rings. The predicted octanol–water partition coefficient (Wildman–Crippen LogP) is 4.25. The van der Waals surface area contributed by atoms with Crippen molar-refractivity contribution >= 4 is 40.8 Å². The second-order valence-electron chi connectivity index (χ2n) is 5.08. The van der Waals surface area contributed by atoms with E-state index in [1.165, 1.54) is 49.4 Å². The number of hydrogen-bond donors (Lipinski definition) is 1. The van der Waals surface area contributed by atoms with Crippen LogP contribution in [0.5, 0.6) is 0 Å². The maximum absolute atomic E-state index is 12.8. The van der Waals surface area contributed by atoms with Crippen molar-refractivity contribution in [2.75, 3.05) is 5.32 Å². The van der Waals surface area contributed by atoms with Crippen molar-refractivity contribution in [1.82, 2.24) is 0 Å². The number of nitrogens with one attached hydrogen (secondary N) is 1. The maximum atomic E-state index is 12.8. The van der Waals surface area contributed by atoms with Gasteiger partial charge < -0.3 is 10.1 Å². The summed E-state index contributed by atoms with van der Waals surface area (Å²) in [5.74, 6) is -1.49. The Hall–Kier alpha value is -2.11. The summed E-state index contributed by atoms with van der Waals surface area (Å²) in [6.07, 6.45) is -1.06. The van der Waals surface area contributed by atoms with Crippen LogP contribution >= 0.6 is 23.2 Å². The Morgan fingerprint density at radius 2 is 1.71 bits per heavy atom. The maximum Gasteiger partial charge on any atom is 0.311 e. The van der Waals surface area contributed by atoms with Gasteiger partial charge in [0.2, 0.25) is 0 Å². The zero-order valence-corrected chi connectivity index (χ0v) is 14.2. The molecule has 0 spiro atoms. The normalized spacial score (nSPS) is 11.7. The van der Waals surface area contributed by atoms with Crippen LogP contribution in [0.1, 0.15) is 12.5 Å². The summed E-state index contributed by atoms with van der Waals surface area (Å²) in [5, 5.41) is 3.31. The van der Waals surface area contributed by atoms with E-state index in [1.54, 1.807) is 0 Å². The fourth-order valence-electron chi connectivity index (χ4n) is 1.93. The zero-order chi connectivity index (χ0) is 17.7. The van der Waals surface area contributed by atoms with Crippen LogP contribution in [0.2, 0.25) is 10.0 Å². The van der Waals surface area contributed by atoms with E-state index >= 15 is 0 Å². The lowest BCUT2D eigenvalue weighted by molar-refractivity contribution is -0.152. The molecule has 0 heterocycles. The molecule has 0 saturated carbocycles. The quantitative estimate of drug-likeness (QED) is 0.801. The number of amides is 1. The summed E-state index contributed by atoms with van der Waals surface area (Å²) in [6.45, 7) is 1.45. The molecule has 24 heavy (non-hydrogen) atoms. The Kier molecular flexibility index (Phi) is 6.17. The van der Waals surface area contributed by atoms with Crippen LogP contribution in [-0.2, 0) is 20.7 Å². The fourth-order valence-corrected chi connectivity index (χ4v) is 2.46. The van der Waals surface area contributed by atoms with Gasteiger partial charge in [-0.25, -0.2) is 4.39 Å². The second kappa shape index (κ2) is 8.13. The number of ether oxygens (including phenoxy) is 1. The van der Waals surface area contributed by atoms with Gasteiger partial charge in [0.15, 0.2) is 6.10 Å². The third-order valence-electron chi connectivity index (χ3n) is 3.07. The van der Waals surface area contributed by atoms with Crippen LogP contribution in [0.15, 0.2) is 42.5 Å². The first-order chi connectivity index (χ1) is 11.3. The third kappa shape index (κ3) is 5.51. The Balaban J connectivity index is 1.90. The van der Waals surface area contributed by atoms with E-state index in [-0.39, 0.29) is 12.2 Å². The molecule has 2 aromatic rings. The number of anilines is 1. The molecule has 0 fully saturated rings. The number of hydrogen-bond acceptors (Lipinski definition) is 3. The first kappa shape index (κ1) is 18.2. The number of carbonyl (C=O) groups excluding carboxylic acids is 2. The van der Waals surface area contributed by atoms with Crippen molar-refractivity contribution in [1.29, 1.82) is 0 Å². The fraction of sp³-hybridized carbons (Fsp3) is 0.176. The highest BCUT2D eigenvalue weighted by Gasteiger charge is 2.18. The molecule has 4 nitrogen and oxygen atoms in total. The third-order valence-corrected chi connectivity index (χ3v) is 3.51. The van der Waals surface area contributed by atoms with Gasteiger partial charge in [0.05, 0.1) is 6.42 Å². The van der Waals surface area contributed by atoms with Gasteiger partial charge in [-0.2, -0.15) is 0 Å². The number of halogens is 3. The van der Waals surface area contributed by atoms with Crippen LogP contribution in [0.25, 0.3) is 0 Å². The van der Waals surface area contributed by atoms with E-state index in [4.69, 9.17) is 27.9 Å². The molecular formula is C17H14Cl2FNO3. The van der Waals surface area contributed by atoms with E-state index in [9.17, 15) is 14.0 Å². The van der Waals surface area contributed by atoms with Crippen molar-refractivity contribution in [2.24, 2.45) is 0 Å². The lowest BCUT2D eigenvalue weighted by atomic mass is 10.1. The van der Waals surface area contributed by atoms with Crippen LogP contribution < -0.4 is 5.32 Å². The molecule has 1 N–H and O–H groups in total. The monoisotopic (exact) mass is 369 g/mol. The first-order valence-corrected chi connectivity index (χ1v) is 7.80. The predicted molar refractivity (Wildman–Crippen MR) is 90.7 cm³/mol. The van der Waals surface area contributed by atoms with Crippen molar-refractivity contribution in [3.05, 3.63) is 63.9 Å². The van der Waals surface area contributed by atoms with E-state index in [0.717, 1.165) is 0 Å². The molecule has 2 aromatic carbocycles. The molecule has 0 radical (unpaired) electrons. The number of rotatable bonds is 5. The van der Waals surface area contributed by atoms with Gasteiger partial charge >= 0.3 is 5.97 Å². The van der Waals surface area contributed by atoms with Gasteiger partial charge in [-0.1, -0.05) is 35.3 Å². The van der Waals surface area contributed by atoms with Crippen LogP contribution in [0.3, 0.4) is 0 Å². The summed E-state index contributed by atoms with van der Waals surface area (Å²) >= 11 is 11.7. The Morgan fingerprint density at radius 1 is 1.12 bits per heavy atom. The molecule has 0 bridgehead atoms. The molecular weight excluding hydrogens is 356 g/mol. The van der Waals surface area contributed by atoms with Crippen LogP contribution in [0, 0.1) is 5.82 Å². The van der Waals surface area contributed by atoms with Gasteiger partial charge in [-0.05, 0) is 42.8 Å².